The lowest BCUT2D eigenvalue weighted by molar-refractivity contribution is -0.136. The molecule has 1 aliphatic heterocycles. The number of nitrogens with one attached hydrogen (secondary N) is 1. The fourth-order valence-corrected chi connectivity index (χ4v) is 2.91. The van der Waals surface area contributed by atoms with Crippen molar-refractivity contribution in [1.82, 2.24) is 5.32 Å². The highest BCUT2D eigenvalue weighted by Crippen LogP contribution is 2.30. The van der Waals surface area contributed by atoms with Crippen LogP contribution in [0.4, 0.5) is 0 Å². The van der Waals surface area contributed by atoms with Crippen molar-refractivity contribution in [2.24, 2.45) is 11.1 Å². The van der Waals surface area contributed by atoms with Crippen molar-refractivity contribution in [3.05, 3.63) is 34.3 Å². The van der Waals surface area contributed by atoms with Crippen LogP contribution in [0.15, 0.2) is 28.7 Å². The van der Waals surface area contributed by atoms with Crippen LogP contribution in [0.5, 0.6) is 0 Å². The van der Waals surface area contributed by atoms with Gasteiger partial charge < -0.3 is 15.8 Å². The minimum absolute atomic E-state index is 0. The van der Waals surface area contributed by atoms with Crippen LogP contribution in [0.25, 0.3) is 0 Å². The summed E-state index contributed by atoms with van der Waals surface area (Å²) in [5.74, 6) is 0.0378. The Hall–Kier alpha value is -0.620. The minimum Gasteiger partial charge on any atom is -0.381 e. The third-order valence-electron chi connectivity index (χ3n) is 4.02. The molecular weight excluding hydrogens is 356 g/mol. The van der Waals surface area contributed by atoms with Gasteiger partial charge in [0.25, 0.3) is 0 Å². The molecular formula is C15H22BrClN2O2. The van der Waals surface area contributed by atoms with E-state index in [9.17, 15) is 4.79 Å². The molecule has 118 valence electrons. The number of nitrogens with two attached hydrogens (primary N) is 1. The zero-order valence-corrected chi connectivity index (χ0v) is 14.5. The highest BCUT2D eigenvalue weighted by molar-refractivity contribution is 9.10. The molecule has 1 saturated heterocycles. The standard InChI is InChI=1S/C15H21BrN2O2.ClH/c1-11(12-3-2-4-13(16)9-12)18-14(19)15(10-17)5-7-20-8-6-15;/h2-4,9,11H,5-8,10,17H2,1H3,(H,18,19);1H. The molecule has 1 aromatic rings. The van der Waals surface area contributed by atoms with Gasteiger partial charge in [0.15, 0.2) is 0 Å². The molecule has 0 saturated carbocycles. The van der Waals surface area contributed by atoms with E-state index in [0.717, 1.165) is 10.0 Å². The first-order chi connectivity index (χ1) is 9.57. The summed E-state index contributed by atoms with van der Waals surface area (Å²) in [7, 11) is 0. The average molecular weight is 378 g/mol. The van der Waals surface area contributed by atoms with Gasteiger partial charge in [0.05, 0.1) is 11.5 Å². The van der Waals surface area contributed by atoms with Gasteiger partial charge in [-0.1, -0.05) is 28.1 Å². The molecule has 6 heteroatoms. The van der Waals surface area contributed by atoms with Crippen molar-refractivity contribution in [2.75, 3.05) is 19.8 Å². The predicted molar refractivity (Wildman–Crippen MR) is 89.5 cm³/mol. The zero-order chi connectivity index (χ0) is 14.6. The maximum Gasteiger partial charge on any atom is 0.228 e. The van der Waals surface area contributed by atoms with Crippen molar-refractivity contribution >= 4 is 34.2 Å². The molecule has 1 aliphatic rings. The topological polar surface area (TPSA) is 64.4 Å². The second kappa shape index (κ2) is 8.13. The van der Waals surface area contributed by atoms with Crippen LogP contribution >= 0.6 is 28.3 Å². The normalized spacial score (nSPS) is 18.4. The molecule has 1 amide bonds. The Morgan fingerprint density at radius 2 is 2.14 bits per heavy atom. The third kappa shape index (κ3) is 4.42. The van der Waals surface area contributed by atoms with Gasteiger partial charge in [-0.05, 0) is 37.5 Å². The molecule has 1 atom stereocenters. The molecule has 0 spiro atoms. The number of hydrogen-bond acceptors (Lipinski definition) is 3. The summed E-state index contributed by atoms with van der Waals surface area (Å²) < 4.78 is 6.35. The fourth-order valence-electron chi connectivity index (χ4n) is 2.50. The van der Waals surface area contributed by atoms with Gasteiger partial charge in [-0.25, -0.2) is 0 Å². The summed E-state index contributed by atoms with van der Waals surface area (Å²) in [5, 5.41) is 3.09. The van der Waals surface area contributed by atoms with E-state index in [1.165, 1.54) is 0 Å². The van der Waals surface area contributed by atoms with E-state index >= 15 is 0 Å². The molecule has 3 N–H and O–H groups in total. The Balaban J connectivity index is 0.00000220. The second-order valence-electron chi connectivity index (χ2n) is 5.35. The van der Waals surface area contributed by atoms with Crippen molar-refractivity contribution in [2.45, 2.75) is 25.8 Å². The minimum atomic E-state index is -0.474. The van der Waals surface area contributed by atoms with Gasteiger partial charge in [-0.2, -0.15) is 0 Å². The summed E-state index contributed by atoms with van der Waals surface area (Å²) in [4.78, 5) is 12.6. The van der Waals surface area contributed by atoms with Gasteiger partial charge in [0.1, 0.15) is 0 Å². The number of benzene rings is 1. The van der Waals surface area contributed by atoms with Gasteiger partial charge in [-0.3, -0.25) is 4.79 Å². The van der Waals surface area contributed by atoms with Crippen LogP contribution in [0.2, 0.25) is 0 Å². The first-order valence-electron chi connectivity index (χ1n) is 6.92. The lowest BCUT2D eigenvalue weighted by Gasteiger charge is -2.35. The van der Waals surface area contributed by atoms with E-state index in [1.54, 1.807) is 0 Å². The summed E-state index contributed by atoms with van der Waals surface area (Å²) >= 11 is 3.45. The molecule has 1 fully saturated rings. The molecule has 1 unspecified atom stereocenters. The highest BCUT2D eigenvalue weighted by atomic mass is 79.9. The van der Waals surface area contributed by atoms with Gasteiger partial charge >= 0.3 is 0 Å². The molecule has 0 radical (unpaired) electrons. The van der Waals surface area contributed by atoms with Crippen LogP contribution in [0, 0.1) is 5.41 Å². The van der Waals surface area contributed by atoms with Crippen LogP contribution in [-0.2, 0) is 9.53 Å². The predicted octanol–water partition coefficient (Wildman–Crippen LogP) is 2.80. The second-order valence-corrected chi connectivity index (χ2v) is 6.26. The maximum absolute atomic E-state index is 12.6. The number of ether oxygens (including phenoxy) is 1. The monoisotopic (exact) mass is 376 g/mol. The van der Waals surface area contributed by atoms with Crippen molar-refractivity contribution in [3.8, 4) is 0 Å². The molecule has 1 aromatic carbocycles. The van der Waals surface area contributed by atoms with Crippen LogP contribution in [-0.4, -0.2) is 25.7 Å². The summed E-state index contributed by atoms with van der Waals surface area (Å²) in [6.45, 7) is 3.57. The number of rotatable bonds is 4. The Morgan fingerprint density at radius 1 is 1.48 bits per heavy atom. The van der Waals surface area contributed by atoms with Crippen LogP contribution < -0.4 is 11.1 Å². The first kappa shape index (κ1) is 18.4. The fraction of sp³-hybridized carbons (Fsp3) is 0.533. The average Bonchev–Trinajstić information content (AvgIpc) is 2.47. The van der Waals surface area contributed by atoms with Crippen molar-refractivity contribution < 1.29 is 9.53 Å². The summed E-state index contributed by atoms with van der Waals surface area (Å²) in [5.41, 5.74) is 6.46. The van der Waals surface area contributed by atoms with E-state index in [-0.39, 0.29) is 24.4 Å². The van der Waals surface area contributed by atoms with Crippen molar-refractivity contribution in [3.63, 3.8) is 0 Å². The van der Waals surface area contributed by atoms with Gasteiger partial charge in [0.2, 0.25) is 5.91 Å². The molecule has 1 heterocycles. The number of carbonyl (C=O) groups excluding carboxylic acids is 1. The quantitative estimate of drug-likeness (QED) is 0.848. The van der Waals surface area contributed by atoms with Crippen LogP contribution in [0.3, 0.4) is 0 Å². The van der Waals surface area contributed by atoms with Crippen molar-refractivity contribution in [1.29, 1.82) is 0 Å². The summed E-state index contributed by atoms with van der Waals surface area (Å²) in [6.07, 6.45) is 1.39. The Morgan fingerprint density at radius 3 is 2.71 bits per heavy atom. The van der Waals surface area contributed by atoms with Gasteiger partial charge in [0, 0.05) is 24.2 Å². The number of carbonyl (C=O) groups is 1. The SMILES string of the molecule is CC(NC(=O)C1(CN)CCOCC1)c1cccc(Br)c1.Cl. The highest BCUT2D eigenvalue weighted by Gasteiger charge is 2.39. The molecule has 0 aromatic heterocycles. The van der Waals surface area contributed by atoms with Crippen LogP contribution in [0.1, 0.15) is 31.4 Å². The van der Waals surface area contributed by atoms with Gasteiger partial charge in [-0.15, -0.1) is 12.4 Å². The largest absolute Gasteiger partial charge is 0.381 e. The lowest BCUT2D eigenvalue weighted by atomic mass is 9.79. The molecule has 2 rings (SSSR count). The third-order valence-corrected chi connectivity index (χ3v) is 4.51. The first-order valence-corrected chi connectivity index (χ1v) is 7.71. The molecule has 0 bridgehead atoms. The zero-order valence-electron chi connectivity index (χ0n) is 12.1. The smallest absolute Gasteiger partial charge is 0.228 e. The van der Waals surface area contributed by atoms with E-state index in [2.05, 4.69) is 21.2 Å². The molecule has 0 aliphatic carbocycles. The summed E-state index contributed by atoms with van der Waals surface area (Å²) in [6, 6.07) is 7.93. The van der Waals surface area contributed by atoms with E-state index in [1.807, 2.05) is 31.2 Å². The lowest BCUT2D eigenvalue weighted by Crippen LogP contribution is -2.49. The maximum atomic E-state index is 12.6. The molecule has 4 nitrogen and oxygen atoms in total. The number of halogens is 2. The van der Waals surface area contributed by atoms with E-state index in [0.29, 0.717) is 32.6 Å². The van der Waals surface area contributed by atoms with E-state index < -0.39 is 5.41 Å². The number of amides is 1. The van der Waals surface area contributed by atoms with E-state index in [4.69, 9.17) is 10.5 Å². The number of hydrogen-bond donors (Lipinski definition) is 2. The Bertz CT molecular complexity index is 478. The Kier molecular flexibility index (Phi) is 7.13. The Labute approximate surface area is 140 Å². The molecule has 21 heavy (non-hydrogen) atoms.